The molecule has 0 amide bonds. The maximum absolute atomic E-state index is 6.16. The van der Waals surface area contributed by atoms with E-state index in [0.29, 0.717) is 6.04 Å². The van der Waals surface area contributed by atoms with Gasteiger partial charge in [0.2, 0.25) is 0 Å². The zero-order valence-corrected chi connectivity index (χ0v) is 14.2. The number of likely N-dealkylation sites (tertiary alicyclic amines) is 1. The molecule has 0 saturated carbocycles. The standard InChI is InChI=1S/C21H26N2O/c1-3-7-18(8-4-1)20(19-9-5-2-6-10-19)23-14-11-21(12-15-23)17-22-13-16-24-21/h1-10,20,22H,11-17H2. The third-order valence-electron chi connectivity index (χ3n) is 5.44. The predicted molar refractivity (Wildman–Crippen MR) is 97.1 cm³/mol. The first kappa shape index (κ1) is 15.8. The molecule has 2 aromatic rings. The highest BCUT2D eigenvalue weighted by molar-refractivity contribution is 5.32. The Kier molecular flexibility index (Phi) is 4.65. The van der Waals surface area contributed by atoms with E-state index in [1.54, 1.807) is 0 Å². The summed E-state index contributed by atoms with van der Waals surface area (Å²) < 4.78 is 6.16. The number of morpholine rings is 1. The van der Waals surface area contributed by atoms with Crippen LogP contribution in [0.15, 0.2) is 60.7 Å². The first-order valence-corrected chi connectivity index (χ1v) is 9.05. The van der Waals surface area contributed by atoms with Crippen molar-refractivity contribution in [2.75, 3.05) is 32.8 Å². The summed E-state index contributed by atoms with van der Waals surface area (Å²) in [7, 11) is 0. The third kappa shape index (κ3) is 3.25. The van der Waals surface area contributed by atoms with Crippen molar-refractivity contribution in [2.24, 2.45) is 0 Å². The largest absolute Gasteiger partial charge is 0.372 e. The lowest BCUT2D eigenvalue weighted by Crippen LogP contribution is -2.56. The van der Waals surface area contributed by atoms with Crippen LogP contribution in [0.3, 0.4) is 0 Å². The van der Waals surface area contributed by atoms with E-state index in [2.05, 4.69) is 70.9 Å². The van der Waals surface area contributed by atoms with Gasteiger partial charge in [-0.2, -0.15) is 0 Å². The molecular weight excluding hydrogens is 296 g/mol. The van der Waals surface area contributed by atoms with Gasteiger partial charge in [0, 0.05) is 26.2 Å². The highest BCUT2D eigenvalue weighted by Crippen LogP contribution is 2.35. The number of piperidine rings is 1. The summed E-state index contributed by atoms with van der Waals surface area (Å²) in [5.74, 6) is 0. The minimum atomic E-state index is 0.0622. The van der Waals surface area contributed by atoms with Gasteiger partial charge in [-0.1, -0.05) is 60.7 Å². The predicted octanol–water partition coefficient (Wildman–Crippen LogP) is 3.23. The van der Waals surface area contributed by atoms with Crippen molar-refractivity contribution in [3.05, 3.63) is 71.8 Å². The molecule has 4 rings (SSSR count). The van der Waals surface area contributed by atoms with Gasteiger partial charge in [0.15, 0.2) is 0 Å². The first-order valence-electron chi connectivity index (χ1n) is 9.05. The lowest BCUT2D eigenvalue weighted by molar-refractivity contribution is -0.103. The Hall–Kier alpha value is -1.68. The molecule has 1 spiro atoms. The van der Waals surface area contributed by atoms with Crippen molar-refractivity contribution >= 4 is 0 Å². The zero-order valence-electron chi connectivity index (χ0n) is 14.2. The second-order valence-corrected chi connectivity index (χ2v) is 6.97. The van der Waals surface area contributed by atoms with Gasteiger partial charge in [0.25, 0.3) is 0 Å². The number of nitrogens with zero attached hydrogens (tertiary/aromatic N) is 1. The summed E-state index contributed by atoms with van der Waals surface area (Å²) >= 11 is 0. The summed E-state index contributed by atoms with van der Waals surface area (Å²) in [4.78, 5) is 2.62. The Balaban J connectivity index is 1.56. The molecule has 2 aromatic carbocycles. The number of nitrogens with one attached hydrogen (secondary N) is 1. The molecule has 3 heteroatoms. The first-order chi connectivity index (χ1) is 11.9. The number of benzene rings is 2. The molecule has 0 aliphatic carbocycles. The van der Waals surface area contributed by atoms with E-state index in [4.69, 9.17) is 4.74 Å². The summed E-state index contributed by atoms with van der Waals surface area (Å²) in [6.07, 6.45) is 2.21. The molecule has 2 aliphatic heterocycles. The van der Waals surface area contributed by atoms with E-state index in [1.165, 1.54) is 11.1 Å². The summed E-state index contributed by atoms with van der Waals surface area (Å²) in [6.45, 7) is 5.00. The number of hydrogen-bond donors (Lipinski definition) is 1. The van der Waals surface area contributed by atoms with Gasteiger partial charge >= 0.3 is 0 Å². The van der Waals surface area contributed by atoms with Gasteiger partial charge in [0.1, 0.15) is 0 Å². The van der Waals surface area contributed by atoms with Gasteiger partial charge in [-0.15, -0.1) is 0 Å². The Morgan fingerprint density at radius 2 is 1.46 bits per heavy atom. The molecular formula is C21H26N2O. The second-order valence-electron chi connectivity index (χ2n) is 6.97. The molecule has 3 nitrogen and oxygen atoms in total. The van der Waals surface area contributed by atoms with Crippen LogP contribution in [0.5, 0.6) is 0 Å². The lowest BCUT2D eigenvalue weighted by Gasteiger charge is -2.46. The fourth-order valence-electron chi connectivity index (χ4n) is 4.10. The molecule has 2 aliphatic rings. The molecule has 0 aromatic heterocycles. The van der Waals surface area contributed by atoms with Crippen molar-refractivity contribution in [1.82, 2.24) is 10.2 Å². The van der Waals surface area contributed by atoms with Gasteiger partial charge in [-0.05, 0) is 24.0 Å². The number of rotatable bonds is 3. The number of hydrogen-bond acceptors (Lipinski definition) is 3. The van der Waals surface area contributed by atoms with Crippen molar-refractivity contribution in [1.29, 1.82) is 0 Å². The zero-order chi connectivity index (χ0) is 16.2. The fourth-order valence-corrected chi connectivity index (χ4v) is 4.10. The van der Waals surface area contributed by atoms with Crippen LogP contribution in [0.1, 0.15) is 30.0 Å². The Bertz CT molecular complexity index is 588. The summed E-state index contributed by atoms with van der Waals surface area (Å²) in [5.41, 5.74) is 2.82. The van der Waals surface area contributed by atoms with Crippen LogP contribution in [0.4, 0.5) is 0 Å². The molecule has 126 valence electrons. The SMILES string of the molecule is c1ccc(C(c2ccccc2)N2CCC3(CC2)CNCCO3)cc1. The van der Waals surface area contributed by atoms with Crippen LogP contribution < -0.4 is 5.32 Å². The average Bonchev–Trinajstić information content (AvgIpc) is 2.66. The van der Waals surface area contributed by atoms with Gasteiger partial charge < -0.3 is 10.1 Å². The maximum atomic E-state index is 6.16. The van der Waals surface area contributed by atoms with E-state index < -0.39 is 0 Å². The normalized spacial score (nSPS) is 21.2. The van der Waals surface area contributed by atoms with Crippen molar-refractivity contribution in [3.63, 3.8) is 0 Å². The highest BCUT2D eigenvalue weighted by atomic mass is 16.5. The van der Waals surface area contributed by atoms with E-state index in [0.717, 1.165) is 45.6 Å². The van der Waals surface area contributed by atoms with Gasteiger partial charge in [-0.25, -0.2) is 0 Å². The minimum Gasteiger partial charge on any atom is -0.372 e. The highest BCUT2D eigenvalue weighted by Gasteiger charge is 2.39. The number of ether oxygens (including phenoxy) is 1. The minimum absolute atomic E-state index is 0.0622. The van der Waals surface area contributed by atoms with Crippen molar-refractivity contribution in [3.8, 4) is 0 Å². The Morgan fingerprint density at radius 3 is 1.96 bits per heavy atom. The molecule has 2 saturated heterocycles. The fraction of sp³-hybridized carbons (Fsp3) is 0.429. The Morgan fingerprint density at radius 1 is 0.875 bits per heavy atom. The van der Waals surface area contributed by atoms with Crippen LogP contribution in [0.25, 0.3) is 0 Å². The molecule has 1 N–H and O–H groups in total. The van der Waals surface area contributed by atoms with E-state index in [1.807, 2.05) is 0 Å². The molecule has 2 heterocycles. The maximum Gasteiger partial charge on any atom is 0.0831 e. The van der Waals surface area contributed by atoms with Gasteiger partial charge in [-0.3, -0.25) is 4.90 Å². The molecule has 0 bridgehead atoms. The average molecular weight is 322 g/mol. The molecule has 24 heavy (non-hydrogen) atoms. The topological polar surface area (TPSA) is 24.5 Å². The summed E-state index contributed by atoms with van der Waals surface area (Å²) in [5, 5.41) is 3.51. The molecule has 0 atom stereocenters. The van der Waals surface area contributed by atoms with Gasteiger partial charge in [0.05, 0.1) is 18.2 Å². The van der Waals surface area contributed by atoms with E-state index >= 15 is 0 Å². The third-order valence-corrected chi connectivity index (χ3v) is 5.44. The van der Waals surface area contributed by atoms with Crippen LogP contribution >= 0.6 is 0 Å². The lowest BCUT2D eigenvalue weighted by atomic mass is 9.87. The van der Waals surface area contributed by atoms with Crippen LogP contribution in [0, 0.1) is 0 Å². The van der Waals surface area contributed by atoms with Crippen LogP contribution in [-0.4, -0.2) is 43.3 Å². The molecule has 0 unspecified atom stereocenters. The summed E-state index contributed by atoms with van der Waals surface area (Å²) in [6, 6.07) is 22.1. The molecule has 2 fully saturated rings. The monoisotopic (exact) mass is 322 g/mol. The quantitative estimate of drug-likeness (QED) is 0.939. The van der Waals surface area contributed by atoms with Crippen molar-refractivity contribution in [2.45, 2.75) is 24.5 Å². The van der Waals surface area contributed by atoms with E-state index in [-0.39, 0.29) is 5.60 Å². The van der Waals surface area contributed by atoms with Crippen LogP contribution in [-0.2, 0) is 4.74 Å². The molecule has 0 radical (unpaired) electrons. The van der Waals surface area contributed by atoms with Crippen molar-refractivity contribution < 1.29 is 4.74 Å². The Labute approximate surface area is 144 Å². The smallest absolute Gasteiger partial charge is 0.0831 e. The van der Waals surface area contributed by atoms with Crippen LogP contribution in [0.2, 0.25) is 0 Å². The van der Waals surface area contributed by atoms with E-state index in [9.17, 15) is 0 Å². The second kappa shape index (κ2) is 7.06.